The van der Waals surface area contributed by atoms with Crippen LogP contribution < -0.4 is 5.32 Å². The summed E-state index contributed by atoms with van der Waals surface area (Å²) in [6.07, 6.45) is 8.53. The van der Waals surface area contributed by atoms with E-state index in [1.165, 1.54) is 84.3 Å². The summed E-state index contributed by atoms with van der Waals surface area (Å²) in [7, 11) is 0. The molecule has 0 aromatic rings. The molecule has 3 heteroatoms. The molecule has 0 radical (unpaired) electrons. The Bertz CT molecular complexity index is 244. The standard InChI is InChI=1S/C15H29N3/c1-2-10-17(9-1)13-15-4-3-11-18(15)12-14-5-7-16-8-6-14/h14-16H,1-13H2. The van der Waals surface area contributed by atoms with E-state index in [0.717, 1.165) is 12.0 Å². The third kappa shape index (κ3) is 3.25. The molecule has 18 heavy (non-hydrogen) atoms. The first-order valence-corrected chi connectivity index (χ1v) is 8.09. The largest absolute Gasteiger partial charge is 0.317 e. The molecular weight excluding hydrogens is 222 g/mol. The van der Waals surface area contributed by atoms with Crippen molar-refractivity contribution in [2.45, 2.75) is 44.6 Å². The van der Waals surface area contributed by atoms with Crippen molar-refractivity contribution in [3.05, 3.63) is 0 Å². The maximum atomic E-state index is 3.48. The highest BCUT2D eigenvalue weighted by Gasteiger charge is 2.29. The molecular formula is C15H29N3. The van der Waals surface area contributed by atoms with Crippen LogP contribution in [0.1, 0.15) is 38.5 Å². The third-order valence-corrected chi connectivity index (χ3v) is 5.12. The van der Waals surface area contributed by atoms with Crippen molar-refractivity contribution in [3.8, 4) is 0 Å². The smallest absolute Gasteiger partial charge is 0.0223 e. The first-order chi connectivity index (χ1) is 8.92. The summed E-state index contributed by atoms with van der Waals surface area (Å²) >= 11 is 0. The average molecular weight is 251 g/mol. The van der Waals surface area contributed by atoms with Crippen LogP contribution in [0.25, 0.3) is 0 Å². The summed E-state index contributed by atoms with van der Waals surface area (Å²) < 4.78 is 0. The lowest BCUT2D eigenvalue weighted by atomic mass is 9.97. The van der Waals surface area contributed by atoms with Gasteiger partial charge in [-0.05, 0) is 77.2 Å². The van der Waals surface area contributed by atoms with Crippen molar-refractivity contribution in [1.29, 1.82) is 0 Å². The second kappa shape index (κ2) is 6.36. The summed E-state index contributed by atoms with van der Waals surface area (Å²) in [4.78, 5) is 5.51. The molecule has 3 aliphatic rings. The lowest BCUT2D eigenvalue weighted by Gasteiger charge is -2.33. The highest BCUT2D eigenvalue weighted by Crippen LogP contribution is 2.23. The Hall–Kier alpha value is -0.120. The van der Waals surface area contributed by atoms with Crippen molar-refractivity contribution in [1.82, 2.24) is 15.1 Å². The highest BCUT2D eigenvalue weighted by molar-refractivity contribution is 4.85. The molecule has 0 saturated carbocycles. The van der Waals surface area contributed by atoms with Crippen molar-refractivity contribution in [2.75, 3.05) is 45.8 Å². The Kier molecular flexibility index (Phi) is 4.55. The minimum Gasteiger partial charge on any atom is -0.317 e. The SMILES string of the molecule is C1CCN(CC2CCCN2CC2CCNCC2)C1. The molecule has 0 aromatic heterocycles. The molecule has 0 aliphatic carbocycles. The maximum Gasteiger partial charge on any atom is 0.0223 e. The van der Waals surface area contributed by atoms with Gasteiger partial charge in [-0.25, -0.2) is 0 Å². The Morgan fingerprint density at radius 2 is 1.61 bits per heavy atom. The zero-order chi connectivity index (χ0) is 12.2. The van der Waals surface area contributed by atoms with Crippen LogP contribution in [0.4, 0.5) is 0 Å². The number of nitrogens with one attached hydrogen (secondary N) is 1. The van der Waals surface area contributed by atoms with Gasteiger partial charge in [-0.2, -0.15) is 0 Å². The minimum atomic E-state index is 0.873. The fourth-order valence-electron chi connectivity index (χ4n) is 4.00. The second-order valence-electron chi connectivity index (χ2n) is 6.49. The van der Waals surface area contributed by atoms with E-state index in [9.17, 15) is 0 Å². The van der Waals surface area contributed by atoms with Crippen LogP contribution in [-0.4, -0.2) is 61.7 Å². The summed E-state index contributed by atoms with van der Waals surface area (Å²) in [5.41, 5.74) is 0. The van der Waals surface area contributed by atoms with Gasteiger partial charge in [-0.15, -0.1) is 0 Å². The molecule has 3 heterocycles. The van der Waals surface area contributed by atoms with E-state index in [4.69, 9.17) is 0 Å². The van der Waals surface area contributed by atoms with Gasteiger partial charge in [-0.1, -0.05) is 0 Å². The van der Waals surface area contributed by atoms with Crippen molar-refractivity contribution in [2.24, 2.45) is 5.92 Å². The first-order valence-electron chi connectivity index (χ1n) is 8.09. The van der Waals surface area contributed by atoms with Crippen LogP contribution in [0.3, 0.4) is 0 Å². The molecule has 3 aliphatic heterocycles. The first kappa shape index (κ1) is 12.9. The summed E-state index contributed by atoms with van der Waals surface area (Å²) in [5, 5.41) is 3.48. The van der Waals surface area contributed by atoms with Crippen molar-refractivity contribution < 1.29 is 0 Å². The molecule has 1 atom stereocenters. The molecule has 3 nitrogen and oxygen atoms in total. The van der Waals surface area contributed by atoms with Gasteiger partial charge < -0.3 is 10.2 Å². The number of rotatable bonds is 4. The van der Waals surface area contributed by atoms with Crippen LogP contribution in [-0.2, 0) is 0 Å². The average Bonchev–Trinajstić information content (AvgIpc) is 3.04. The molecule has 0 bridgehead atoms. The molecule has 0 spiro atoms. The predicted octanol–water partition coefficient (Wildman–Crippen LogP) is 1.55. The molecule has 0 amide bonds. The van der Waals surface area contributed by atoms with Gasteiger partial charge in [0.25, 0.3) is 0 Å². The Balaban J connectivity index is 1.47. The summed E-state index contributed by atoms with van der Waals surface area (Å²) in [6.45, 7) is 9.30. The van der Waals surface area contributed by atoms with E-state index in [-0.39, 0.29) is 0 Å². The summed E-state index contributed by atoms with van der Waals surface area (Å²) in [6, 6.07) is 0.873. The normalized spacial score (nSPS) is 32.3. The summed E-state index contributed by atoms with van der Waals surface area (Å²) in [5.74, 6) is 0.963. The minimum absolute atomic E-state index is 0.873. The Labute approximate surface area is 112 Å². The lowest BCUT2D eigenvalue weighted by molar-refractivity contribution is 0.157. The predicted molar refractivity (Wildman–Crippen MR) is 75.9 cm³/mol. The van der Waals surface area contributed by atoms with E-state index in [2.05, 4.69) is 15.1 Å². The molecule has 104 valence electrons. The molecule has 0 aromatic carbocycles. The molecule has 3 fully saturated rings. The van der Waals surface area contributed by atoms with Crippen molar-refractivity contribution >= 4 is 0 Å². The molecule has 3 saturated heterocycles. The Morgan fingerprint density at radius 3 is 2.39 bits per heavy atom. The van der Waals surface area contributed by atoms with Gasteiger partial charge in [0, 0.05) is 19.1 Å². The fourth-order valence-corrected chi connectivity index (χ4v) is 4.00. The monoisotopic (exact) mass is 251 g/mol. The molecule has 3 rings (SSSR count). The number of hydrogen-bond acceptors (Lipinski definition) is 3. The van der Waals surface area contributed by atoms with Crippen LogP contribution in [0, 0.1) is 5.92 Å². The number of nitrogens with zero attached hydrogens (tertiary/aromatic N) is 2. The molecule has 1 unspecified atom stereocenters. The van der Waals surface area contributed by atoms with E-state index < -0.39 is 0 Å². The third-order valence-electron chi connectivity index (χ3n) is 5.12. The van der Waals surface area contributed by atoms with Gasteiger partial charge in [0.2, 0.25) is 0 Å². The van der Waals surface area contributed by atoms with Gasteiger partial charge in [0.05, 0.1) is 0 Å². The molecule has 1 N–H and O–H groups in total. The van der Waals surface area contributed by atoms with Gasteiger partial charge >= 0.3 is 0 Å². The lowest BCUT2D eigenvalue weighted by Crippen LogP contribution is -2.43. The number of piperidine rings is 1. The van der Waals surface area contributed by atoms with E-state index in [0.29, 0.717) is 0 Å². The van der Waals surface area contributed by atoms with Crippen molar-refractivity contribution in [3.63, 3.8) is 0 Å². The van der Waals surface area contributed by atoms with E-state index in [1.807, 2.05) is 0 Å². The highest BCUT2D eigenvalue weighted by atomic mass is 15.2. The van der Waals surface area contributed by atoms with Gasteiger partial charge in [-0.3, -0.25) is 4.90 Å². The van der Waals surface area contributed by atoms with Crippen LogP contribution in [0.15, 0.2) is 0 Å². The quantitative estimate of drug-likeness (QED) is 0.818. The Morgan fingerprint density at radius 1 is 0.833 bits per heavy atom. The number of likely N-dealkylation sites (tertiary alicyclic amines) is 2. The van der Waals surface area contributed by atoms with Crippen LogP contribution in [0.2, 0.25) is 0 Å². The van der Waals surface area contributed by atoms with Crippen LogP contribution in [0.5, 0.6) is 0 Å². The fraction of sp³-hybridized carbons (Fsp3) is 1.00. The van der Waals surface area contributed by atoms with Gasteiger partial charge in [0.1, 0.15) is 0 Å². The van der Waals surface area contributed by atoms with E-state index in [1.54, 1.807) is 0 Å². The zero-order valence-electron chi connectivity index (χ0n) is 11.7. The number of hydrogen-bond donors (Lipinski definition) is 1. The van der Waals surface area contributed by atoms with Crippen LogP contribution >= 0.6 is 0 Å². The zero-order valence-corrected chi connectivity index (χ0v) is 11.7. The topological polar surface area (TPSA) is 18.5 Å². The van der Waals surface area contributed by atoms with E-state index >= 15 is 0 Å². The van der Waals surface area contributed by atoms with Gasteiger partial charge in [0.15, 0.2) is 0 Å². The second-order valence-corrected chi connectivity index (χ2v) is 6.49. The maximum absolute atomic E-state index is 3.48.